The highest BCUT2D eigenvalue weighted by Crippen LogP contribution is 2.27. The molecular formula is C18H16N6. The summed E-state index contributed by atoms with van der Waals surface area (Å²) in [6.07, 6.45) is 11.8. The summed E-state index contributed by atoms with van der Waals surface area (Å²) in [5, 5.41) is 2.40. The molecule has 0 aliphatic heterocycles. The van der Waals surface area contributed by atoms with Crippen LogP contribution in [-0.4, -0.2) is 28.2 Å². The summed E-state index contributed by atoms with van der Waals surface area (Å²) < 4.78 is 8.14. The maximum absolute atomic E-state index is 4.46. The van der Waals surface area contributed by atoms with Gasteiger partial charge in [0, 0.05) is 49.7 Å². The highest BCUT2D eigenvalue weighted by Gasteiger charge is 2.11. The Morgan fingerprint density at radius 3 is 1.62 bits per heavy atom. The molecule has 5 aromatic rings. The van der Waals surface area contributed by atoms with Crippen LogP contribution in [0.25, 0.3) is 33.4 Å². The van der Waals surface area contributed by atoms with Crippen molar-refractivity contribution in [2.24, 2.45) is 14.1 Å². The molecule has 0 bridgehead atoms. The SMILES string of the molecule is Cn1cnc(-n2ccc3cc4ccn(-c5cn(C)cn5)c4cc32)c1. The fourth-order valence-electron chi connectivity index (χ4n) is 3.21. The second kappa shape index (κ2) is 4.61. The van der Waals surface area contributed by atoms with Gasteiger partial charge in [-0.05, 0) is 24.3 Å². The van der Waals surface area contributed by atoms with Crippen molar-refractivity contribution in [3.05, 3.63) is 61.7 Å². The third kappa shape index (κ3) is 1.83. The maximum Gasteiger partial charge on any atom is 0.155 e. The first-order chi connectivity index (χ1) is 11.7. The molecule has 4 aromatic heterocycles. The Morgan fingerprint density at radius 1 is 0.708 bits per heavy atom. The van der Waals surface area contributed by atoms with Crippen LogP contribution in [0.3, 0.4) is 0 Å². The summed E-state index contributed by atoms with van der Waals surface area (Å²) in [6, 6.07) is 8.67. The Labute approximate surface area is 138 Å². The predicted molar refractivity (Wildman–Crippen MR) is 93.6 cm³/mol. The molecule has 0 spiro atoms. The molecule has 0 amide bonds. The molecule has 0 saturated carbocycles. The zero-order valence-electron chi connectivity index (χ0n) is 13.5. The lowest BCUT2D eigenvalue weighted by Gasteiger charge is -2.04. The molecule has 0 N–H and O–H groups in total. The van der Waals surface area contributed by atoms with Gasteiger partial charge >= 0.3 is 0 Å². The van der Waals surface area contributed by atoms with Crippen LogP contribution in [0.4, 0.5) is 0 Å². The Balaban J connectivity index is 1.78. The minimum Gasteiger partial charge on any atom is -0.338 e. The Morgan fingerprint density at radius 2 is 1.21 bits per heavy atom. The van der Waals surface area contributed by atoms with Crippen LogP contribution in [0.2, 0.25) is 0 Å². The number of aromatic nitrogens is 6. The van der Waals surface area contributed by atoms with Gasteiger partial charge in [0.25, 0.3) is 0 Å². The number of aryl methyl sites for hydroxylation is 2. The van der Waals surface area contributed by atoms with E-state index >= 15 is 0 Å². The van der Waals surface area contributed by atoms with E-state index in [0.717, 1.165) is 22.7 Å². The standard InChI is InChI=1S/C18H16N6/c1-21-9-17(19-11-21)23-5-3-13-7-14-4-6-24(16(14)8-15(13)23)18-10-22(2)12-20-18/h3-12H,1-2H3. The second-order valence-corrected chi connectivity index (χ2v) is 6.14. The summed E-state index contributed by atoms with van der Waals surface area (Å²) >= 11 is 0. The Bertz CT molecular complexity index is 1090. The lowest BCUT2D eigenvalue weighted by molar-refractivity contribution is 0.912. The minimum absolute atomic E-state index is 0.919. The lowest BCUT2D eigenvalue weighted by Crippen LogP contribution is -1.94. The fourth-order valence-corrected chi connectivity index (χ4v) is 3.21. The second-order valence-electron chi connectivity index (χ2n) is 6.14. The summed E-state index contributed by atoms with van der Waals surface area (Å²) in [4.78, 5) is 8.93. The average molecular weight is 316 g/mol. The third-order valence-electron chi connectivity index (χ3n) is 4.38. The zero-order valence-corrected chi connectivity index (χ0v) is 13.5. The smallest absolute Gasteiger partial charge is 0.155 e. The summed E-state index contributed by atoms with van der Waals surface area (Å²) in [7, 11) is 3.96. The van der Waals surface area contributed by atoms with Crippen LogP contribution in [-0.2, 0) is 14.1 Å². The molecule has 1 aromatic carbocycles. The van der Waals surface area contributed by atoms with E-state index in [0.29, 0.717) is 0 Å². The molecule has 5 rings (SSSR count). The predicted octanol–water partition coefficient (Wildman–Crippen LogP) is 3.04. The van der Waals surface area contributed by atoms with Gasteiger partial charge in [-0.2, -0.15) is 0 Å². The van der Waals surface area contributed by atoms with Gasteiger partial charge in [-0.25, -0.2) is 9.97 Å². The van der Waals surface area contributed by atoms with Gasteiger partial charge in [-0.1, -0.05) is 0 Å². The van der Waals surface area contributed by atoms with E-state index < -0.39 is 0 Å². The van der Waals surface area contributed by atoms with Gasteiger partial charge < -0.3 is 9.13 Å². The highest BCUT2D eigenvalue weighted by atomic mass is 15.1. The number of imidazole rings is 2. The fraction of sp³-hybridized carbons (Fsp3) is 0.111. The van der Waals surface area contributed by atoms with Crippen LogP contribution in [0.5, 0.6) is 0 Å². The van der Waals surface area contributed by atoms with Crippen molar-refractivity contribution in [1.29, 1.82) is 0 Å². The van der Waals surface area contributed by atoms with Gasteiger partial charge in [0.15, 0.2) is 11.6 Å². The van der Waals surface area contributed by atoms with Crippen LogP contribution < -0.4 is 0 Å². The molecular weight excluding hydrogens is 300 g/mol. The first kappa shape index (κ1) is 13.2. The molecule has 0 radical (unpaired) electrons. The molecule has 0 unspecified atom stereocenters. The van der Waals surface area contributed by atoms with E-state index in [9.17, 15) is 0 Å². The van der Waals surface area contributed by atoms with E-state index in [1.54, 1.807) is 0 Å². The first-order valence-electron chi connectivity index (χ1n) is 7.78. The van der Waals surface area contributed by atoms with E-state index in [-0.39, 0.29) is 0 Å². The van der Waals surface area contributed by atoms with Crippen LogP contribution in [0, 0.1) is 0 Å². The molecule has 0 atom stereocenters. The molecule has 6 nitrogen and oxygen atoms in total. The van der Waals surface area contributed by atoms with Gasteiger partial charge in [0.1, 0.15) is 0 Å². The lowest BCUT2D eigenvalue weighted by atomic mass is 10.2. The van der Waals surface area contributed by atoms with Crippen molar-refractivity contribution in [2.45, 2.75) is 0 Å². The molecule has 0 aliphatic carbocycles. The Kier molecular flexibility index (Phi) is 2.53. The summed E-state index contributed by atoms with van der Waals surface area (Å²) in [5.74, 6) is 1.84. The van der Waals surface area contributed by atoms with Gasteiger partial charge in [0.2, 0.25) is 0 Å². The molecule has 6 heteroatoms. The summed E-state index contributed by atoms with van der Waals surface area (Å²) in [6.45, 7) is 0. The van der Waals surface area contributed by atoms with Gasteiger partial charge in [-0.15, -0.1) is 0 Å². The van der Waals surface area contributed by atoms with Crippen molar-refractivity contribution in [1.82, 2.24) is 28.2 Å². The van der Waals surface area contributed by atoms with Gasteiger partial charge in [0.05, 0.1) is 23.7 Å². The van der Waals surface area contributed by atoms with Crippen molar-refractivity contribution >= 4 is 21.8 Å². The molecule has 24 heavy (non-hydrogen) atoms. The monoisotopic (exact) mass is 316 g/mol. The number of hydrogen-bond acceptors (Lipinski definition) is 2. The van der Waals surface area contributed by atoms with E-state index in [1.807, 2.05) is 48.3 Å². The molecule has 0 aliphatic rings. The number of rotatable bonds is 2. The van der Waals surface area contributed by atoms with E-state index in [2.05, 4.69) is 55.8 Å². The molecule has 0 fully saturated rings. The highest BCUT2D eigenvalue weighted by molar-refractivity contribution is 5.97. The molecule has 4 heterocycles. The maximum atomic E-state index is 4.46. The molecule has 118 valence electrons. The molecule has 0 saturated heterocycles. The van der Waals surface area contributed by atoms with E-state index in [1.165, 1.54) is 10.8 Å². The third-order valence-corrected chi connectivity index (χ3v) is 4.38. The first-order valence-corrected chi connectivity index (χ1v) is 7.78. The van der Waals surface area contributed by atoms with Crippen molar-refractivity contribution in [3.63, 3.8) is 0 Å². The van der Waals surface area contributed by atoms with Crippen molar-refractivity contribution in [2.75, 3.05) is 0 Å². The normalized spacial score (nSPS) is 11.8. The largest absolute Gasteiger partial charge is 0.338 e. The summed E-state index contributed by atoms with van der Waals surface area (Å²) in [5.41, 5.74) is 2.27. The number of nitrogens with zero attached hydrogens (tertiary/aromatic N) is 6. The topological polar surface area (TPSA) is 45.5 Å². The van der Waals surface area contributed by atoms with Crippen molar-refractivity contribution < 1.29 is 0 Å². The Hall–Kier alpha value is -3.28. The van der Waals surface area contributed by atoms with Gasteiger partial charge in [-0.3, -0.25) is 9.13 Å². The average Bonchev–Trinajstić information content (AvgIpc) is 3.31. The van der Waals surface area contributed by atoms with Crippen LogP contribution in [0.15, 0.2) is 61.7 Å². The number of benzene rings is 1. The number of fused-ring (bicyclic) bond motifs is 2. The van der Waals surface area contributed by atoms with E-state index in [4.69, 9.17) is 0 Å². The van der Waals surface area contributed by atoms with Crippen LogP contribution >= 0.6 is 0 Å². The quantitative estimate of drug-likeness (QED) is 0.502. The van der Waals surface area contributed by atoms with Crippen LogP contribution in [0.1, 0.15) is 0 Å². The zero-order chi connectivity index (χ0) is 16.3. The van der Waals surface area contributed by atoms with Crippen molar-refractivity contribution in [3.8, 4) is 11.6 Å². The number of hydrogen-bond donors (Lipinski definition) is 0. The minimum atomic E-state index is 0.919.